The van der Waals surface area contributed by atoms with Crippen LogP contribution in [0.25, 0.3) is 0 Å². The second-order valence-corrected chi connectivity index (χ2v) is 8.55. The molecule has 1 aromatic heterocycles. The molecule has 1 saturated carbocycles. The smallest absolute Gasteiger partial charge is 0.264 e. The summed E-state index contributed by atoms with van der Waals surface area (Å²) in [7, 11) is 0. The lowest BCUT2D eigenvalue weighted by Gasteiger charge is -2.44. The van der Waals surface area contributed by atoms with E-state index in [2.05, 4.69) is 11.8 Å². The Kier molecular flexibility index (Phi) is 4.41. The quantitative estimate of drug-likeness (QED) is 0.776. The number of thioether (sulfide) groups is 1. The summed E-state index contributed by atoms with van der Waals surface area (Å²) in [4.78, 5) is 26.8. The van der Waals surface area contributed by atoms with Crippen LogP contribution in [0.5, 0.6) is 0 Å². The third-order valence-electron chi connectivity index (χ3n) is 4.52. The first-order valence-corrected chi connectivity index (χ1v) is 9.49. The van der Waals surface area contributed by atoms with Gasteiger partial charge >= 0.3 is 0 Å². The topological polar surface area (TPSA) is 37.4 Å². The molecule has 2 fully saturated rings. The Morgan fingerprint density at radius 1 is 1.24 bits per heavy atom. The largest absolute Gasteiger partial charge is 0.336 e. The lowest BCUT2D eigenvalue weighted by atomic mass is 9.87. The third kappa shape index (κ3) is 3.19. The average Bonchev–Trinajstić information content (AvgIpc) is 2.97. The monoisotopic (exact) mass is 323 g/mol. The molecule has 1 saturated heterocycles. The van der Waals surface area contributed by atoms with Crippen LogP contribution in [0.2, 0.25) is 0 Å². The Hall–Kier alpha value is -0.810. The zero-order chi connectivity index (χ0) is 14.9. The van der Waals surface area contributed by atoms with E-state index in [0.29, 0.717) is 15.2 Å². The summed E-state index contributed by atoms with van der Waals surface area (Å²) >= 11 is 3.46. The SMILES string of the molecule is CC(=O)c1csc(C(=O)N2CCSC3(CCCCC3)C2)c1. The molecule has 1 spiro atoms. The van der Waals surface area contributed by atoms with E-state index in [-0.39, 0.29) is 11.7 Å². The highest BCUT2D eigenvalue weighted by Gasteiger charge is 2.39. The first-order valence-electron chi connectivity index (χ1n) is 7.62. The molecule has 0 N–H and O–H groups in total. The summed E-state index contributed by atoms with van der Waals surface area (Å²) in [6.45, 7) is 3.26. The number of amides is 1. The van der Waals surface area contributed by atoms with Crippen LogP contribution in [-0.4, -0.2) is 40.2 Å². The van der Waals surface area contributed by atoms with E-state index in [1.165, 1.54) is 43.4 Å². The van der Waals surface area contributed by atoms with Crippen LogP contribution in [0.3, 0.4) is 0 Å². The van der Waals surface area contributed by atoms with Gasteiger partial charge in [0.1, 0.15) is 0 Å². The van der Waals surface area contributed by atoms with Gasteiger partial charge in [0.15, 0.2) is 5.78 Å². The normalized spacial score (nSPS) is 21.5. The number of ketones is 1. The van der Waals surface area contributed by atoms with Gasteiger partial charge < -0.3 is 4.90 Å². The van der Waals surface area contributed by atoms with Gasteiger partial charge in [-0.3, -0.25) is 9.59 Å². The fourth-order valence-corrected chi connectivity index (χ4v) is 5.79. The van der Waals surface area contributed by atoms with E-state index in [9.17, 15) is 9.59 Å². The van der Waals surface area contributed by atoms with Gasteiger partial charge in [-0.25, -0.2) is 0 Å². The molecule has 114 valence electrons. The van der Waals surface area contributed by atoms with Gasteiger partial charge in [-0.15, -0.1) is 11.3 Å². The molecule has 0 atom stereocenters. The summed E-state index contributed by atoms with van der Waals surface area (Å²) in [6.07, 6.45) is 6.41. The molecular formula is C16H21NO2S2. The third-order valence-corrected chi connectivity index (χ3v) is 6.97. The summed E-state index contributed by atoms with van der Waals surface area (Å²) in [5.74, 6) is 1.18. The minimum Gasteiger partial charge on any atom is -0.336 e. The number of nitrogens with zero attached hydrogens (tertiary/aromatic N) is 1. The van der Waals surface area contributed by atoms with Gasteiger partial charge in [0.05, 0.1) is 4.88 Å². The first kappa shape index (κ1) is 15.1. The highest BCUT2D eigenvalue weighted by molar-refractivity contribution is 8.00. The summed E-state index contributed by atoms with van der Waals surface area (Å²) in [5, 5.41) is 1.80. The lowest BCUT2D eigenvalue weighted by molar-refractivity contribution is 0.0735. The van der Waals surface area contributed by atoms with Crippen LogP contribution < -0.4 is 0 Å². The number of hydrogen-bond acceptors (Lipinski definition) is 4. The number of Topliss-reactive ketones (excluding diaryl/α,β-unsaturated/α-hetero) is 1. The Bertz CT molecular complexity index is 541. The van der Waals surface area contributed by atoms with E-state index in [1.807, 2.05) is 4.90 Å². The van der Waals surface area contributed by atoms with Crippen LogP contribution in [0.15, 0.2) is 11.4 Å². The second-order valence-electron chi connectivity index (χ2n) is 6.07. The molecule has 5 heteroatoms. The van der Waals surface area contributed by atoms with Crippen molar-refractivity contribution < 1.29 is 9.59 Å². The maximum atomic E-state index is 12.7. The second kappa shape index (κ2) is 6.13. The van der Waals surface area contributed by atoms with Crippen molar-refractivity contribution in [1.82, 2.24) is 4.90 Å². The van der Waals surface area contributed by atoms with Crippen molar-refractivity contribution in [2.75, 3.05) is 18.8 Å². The molecule has 0 aromatic carbocycles. The van der Waals surface area contributed by atoms with E-state index in [1.54, 1.807) is 18.4 Å². The Morgan fingerprint density at radius 2 is 2.00 bits per heavy atom. The van der Waals surface area contributed by atoms with Gasteiger partial charge in [0, 0.05) is 34.5 Å². The van der Waals surface area contributed by atoms with Crippen molar-refractivity contribution in [3.8, 4) is 0 Å². The molecule has 3 rings (SSSR count). The van der Waals surface area contributed by atoms with Gasteiger partial charge in [-0.1, -0.05) is 19.3 Å². The molecule has 3 nitrogen and oxygen atoms in total. The van der Waals surface area contributed by atoms with Gasteiger partial charge in [-0.05, 0) is 25.8 Å². The molecule has 1 aliphatic carbocycles. The van der Waals surface area contributed by atoms with E-state index >= 15 is 0 Å². The van der Waals surface area contributed by atoms with Crippen molar-refractivity contribution >= 4 is 34.8 Å². The standard InChI is InChI=1S/C16H21NO2S2/c1-12(18)13-9-14(20-10-13)15(19)17-7-8-21-16(11-17)5-3-2-4-6-16/h9-10H,2-8,11H2,1H3. The molecule has 2 heterocycles. The zero-order valence-corrected chi connectivity index (χ0v) is 14.0. The summed E-state index contributed by atoms with van der Waals surface area (Å²) in [6, 6.07) is 1.75. The molecule has 1 aliphatic heterocycles. The van der Waals surface area contributed by atoms with E-state index in [4.69, 9.17) is 0 Å². The van der Waals surface area contributed by atoms with Gasteiger partial charge in [0.25, 0.3) is 5.91 Å². The summed E-state index contributed by atoms with van der Waals surface area (Å²) < 4.78 is 0.298. The average molecular weight is 323 g/mol. The van der Waals surface area contributed by atoms with Gasteiger partial charge in [0.2, 0.25) is 0 Å². The molecule has 21 heavy (non-hydrogen) atoms. The van der Waals surface area contributed by atoms with Crippen molar-refractivity contribution in [3.05, 3.63) is 21.9 Å². The highest BCUT2D eigenvalue weighted by Crippen LogP contribution is 2.43. The highest BCUT2D eigenvalue weighted by atomic mass is 32.2. The molecule has 0 bridgehead atoms. The number of thiophene rings is 1. The van der Waals surface area contributed by atoms with Crippen LogP contribution in [0.4, 0.5) is 0 Å². The van der Waals surface area contributed by atoms with Crippen molar-refractivity contribution in [1.29, 1.82) is 0 Å². The maximum absolute atomic E-state index is 12.7. The predicted molar refractivity (Wildman–Crippen MR) is 88.5 cm³/mol. The zero-order valence-electron chi connectivity index (χ0n) is 12.4. The lowest BCUT2D eigenvalue weighted by Crippen LogP contribution is -2.49. The molecule has 0 unspecified atom stereocenters. The minimum atomic E-state index is 0.0308. The van der Waals surface area contributed by atoms with Crippen LogP contribution in [0.1, 0.15) is 59.1 Å². The van der Waals surface area contributed by atoms with Crippen LogP contribution in [0, 0.1) is 0 Å². The van der Waals surface area contributed by atoms with Crippen molar-refractivity contribution in [3.63, 3.8) is 0 Å². The minimum absolute atomic E-state index is 0.0308. The molecule has 2 aliphatic rings. The Labute approximate surface area is 134 Å². The number of carbonyl (C=O) groups excluding carboxylic acids is 2. The molecule has 1 aromatic rings. The Morgan fingerprint density at radius 3 is 2.67 bits per heavy atom. The van der Waals surface area contributed by atoms with Crippen molar-refractivity contribution in [2.24, 2.45) is 0 Å². The molecule has 1 amide bonds. The molecule has 0 radical (unpaired) electrons. The van der Waals surface area contributed by atoms with E-state index < -0.39 is 0 Å². The maximum Gasteiger partial charge on any atom is 0.264 e. The molecular weight excluding hydrogens is 302 g/mol. The number of hydrogen-bond donors (Lipinski definition) is 0. The van der Waals surface area contributed by atoms with Gasteiger partial charge in [-0.2, -0.15) is 11.8 Å². The van der Waals surface area contributed by atoms with Crippen LogP contribution >= 0.6 is 23.1 Å². The fourth-order valence-electron chi connectivity index (χ4n) is 3.31. The first-order chi connectivity index (χ1) is 10.1. The Balaban J connectivity index is 1.73. The number of rotatable bonds is 2. The number of carbonyl (C=O) groups is 2. The summed E-state index contributed by atoms with van der Waals surface area (Å²) in [5.41, 5.74) is 0.655. The van der Waals surface area contributed by atoms with Crippen molar-refractivity contribution in [2.45, 2.75) is 43.8 Å². The fraction of sp³-hybridized carbons (Fsp3) is 0.625. The van der Waals surface area contributed by atoms with E-state index in [0.717, 1.165) is 18.8 Å². The van der Waals surface area contributed by atoms with Crippen LogP contribution in [-0.2, 0) is 0 Å². The predicted octanol–water partition coefficient (Wildman–Crippen LogP) is 3.84.